The molecule has 1 aliphatic heterocycles. The standard InChI is InChI=1S/C22H16ClN3O5/c1-13-10-16(26(29)30)6-8-18(13)20-9-7-17(31-20)11-19-21(27)25(22(28)24-19)12-14-2-4-15(23)5-3-14/h2-11H,12H2,1H3,(H,24,28)/b19-11+. The van der Waals surface area contributed by atoms with Crippen LogP contribution < -0.4 is 5.32 Å². The van der Waals surface area contributed by atoms with Crippen molar-refractivity contribution in [1.29, 1.82) is 0 Å². The highest BCUT2D eigenvalue weighted by atomic mass is 35.5. The molecular weight excluding hydrogens is 422 g/mol. The van der Waals surface area contributed by atoms with Gasteiger partial charge < -0.3 is 9.73 Å². The van der Waals surface area contributed by atoms with E-state index in [2.05, 4.69) is 5.32 Å². The van der Waals surface area contributed by atoms with E-state index in [0.717, 1.165) is 10.5 Å². The Balaban J connectivity index is 1.54. The van der Waals surface area contributed by atoms with E-state index >= 15 is 0 Å². The van der Waals surface area contributed by atoms with Gasteiger partial charge in [-0.05, 0) is 48.4 Å². The summed E-state index contributed by atoms with van der Waals surface area (Å²) in [6, 6.07) is 14.2. The first-order valence-corrected chi connectivity index (χ1v) is 9.64. The van der Waals surface area contributed by atoms with E-state index in [-0.39, 0.29) is 17.9 Å². The number of hydrogen-bond acceptors (Lipinski definition) is 5. The fourth-order valence-electron chi connectivity index (χ4n) is 3.24. The van der Waals surface area contributed by atoms with Crippen LogP contribution in [0.15, 0.2) is 64.7 Å². The van der Waals surface area contributed by atoms with Crippen molar-refractivity contribution in [1.82, 2.24) is 10.2 Å². The lowest BCUT2D eigenvalue weighted by Gasteiger charge is -2.11. The number of nitro groups is 1. The number of hydrogen-bond donors (Lipinski definition) is 1. The average Bonchev–Trinajstić information content (AvgIpc) is 3.29. The zero-order chi connectivity index (χ0) is 22.1. The Morgan fingerprint density at radius 3 is 2.55 bits per heavy atom. The summed E-state index contributed by atoms with van der Waals surface area (Å²) in [6.07, 6.45) is 1.45. The predicted octanol–water partition coefficient (Wildman–Crippen LogP) is 4.91. The lowest BCUT2D eigenvalue weighted by Crippen LogP contribution is -2.30. The SMILES string of the molecule is Cc1cc([N+](=O)[O-])ccc1-c1ccc(/C=C2/NC(=O)N(Cc3ccc(Cl)cc3)C2=O)o1. The third-order valence-electron chi connectivity index (χ3n) is 4.82. The molecule has 1 aliphatic rings. The summed E-state index contributed by atoms with van der Waals surface area (Å²) in [5.41, 5.74) is 2.24. The van der Waals surface area contributed by atoms with Crippen LogP contribution in [-0.4, -0.2) is 21.8 Å². The van der Waals surface area contributed by atoms with Gasteiger partial charge in [-0.1, -0.05) is 23.7 Å². The van der Waals surface area contributed by atoms with Crippen molar-refractivity contribution in [3.8, 4) is 11.3 Å². The van der Waals surface area contributed by atoms with Crippen molar-refractivity contribution in [2.75, 3.05) is 0 Å². The minimum Gasteiger partial charge on any atom is -0.457 e. The average molecular weight is 438 g/mol. The first-order valence-electron chi connectivity index (χ1n) is 9.26. The van der Waals surface area contributed by atoms with Gasteiger partial charge in [0.15, 0.2) is 0 Å². The van der Waals surface area contributed by atoms with Crippen LogP contribution in [0.25, 0.3) is 17.4 Å². The number of amides is 3. The summed E-state index contributed by atoms with van der Waals surface area (Å²) < 4.78 is 5.78. The monoisotopic (exact) mass is 437 g/mol. The highest BCUT2D eigenvalue weighted by Gasteiger charge is 2.33. The molecule has 2 aromatic carbocycles. The number of carbonyl (C=O) groups is 2. The molecule has 0 radical (unpaired) electrons. The topological polar surface area (TPSA) is 106 Å². The van der Waals surface area contributed by atoms with Crippen molar-refractivity contribution in [3.05, 3.63) is 92.3 Å². The number of halogens is 1. The van der Waals surface area contributed by atoms with E-state index < -0.39 is 16.9 Å². The van der Waals surface area contributed by atoms with Gasteiger partial charge in [0.2, 0.25) is 0 Å². The molecule has 4 rings (SSSR count). The summed E-state index contributed by atoms with van der Waals surface area (Å²) in [5, 5.41) is 14.0. The molecule has 0 spiro atoms. The fraction of sp³-hybridized carbons (Fsp3) is 0.0909. The number of non-ortho nitro benzene ring substituents is 1. The lowest BCUT2D eigenvalue weighted by atomic mass is 10.1. The van der Waals surface area contributed by atoms with Crippen molar-refractivity contribution < 1.29 is 18.9 Å². The van der Waals surface area contributed by atoms with E-state index in [1.54, 1.807) is 49.4 Å². The van der Waals surface area contributed by atoms with E-state index in [1.165, 1.54) is 18.2 Å². The van der Waals surface area contributed by atoms with Crippen LogP contribution in [0.3, 0.4) is 0 Å². The fourth-order valence-corrected chi connectivity index (χ4v) is 3.37. The molecule has 9 heteroatoms. The smallest absolute Gasteiger partial charge is 0.329 e. The molecule has 0 bridgehead atoms. The maximum Gasteiger partial charge on any atom is 0.329 e. The van der Waals surface area contributed by atoms with Gasteiger partial charge in [-0.2, -0.15) is 0 Å². The molecule has 1 fully saturated rings. The molecule has 31 heavy (non-hydrogen) atoms. The number of carbonyl (C=O) groups excluding carboxylic acids is 2. The molecular formula is C22H16ClN3O5. The number of imide groups is 1. The maximum absolute atomic E-state index is 12.7. The molecule has 1 saturated heterocycles. The van der Waals surface area contributed by atoms with Gasteiger partial charge in [-0.3, -0.25) is 19.8 Å². The van der Waals surface area contributed by atoms with Crippen molar-refractivity contribution in [2.45, 2.75) is 13.5 Å². The molecule has 3 aromatic rings. The highest BCUT2D eigenvalue weighted by Crippen LogP contribution is 2.29. The largest absolute Gasteiger partial charge is 0.457 e. The van der Waals surface area contributed by atoms with Gasteiger partial charge in [0.05, 0.1) is 11.5 Å². The molecule has 0 aliphatic carbocycles. The number of furan rings is 1. The van der Waals surface area contributed by atoms with Crippen LogP contribution in [0.4, 0.5) is 10.5 Å². The van der Waals surface area contributed by atoms with Crippen molar-refractivity contribution in [3.63, 3.8) is 0 Å². The first kappa shape index (κ1) is 20.4. The van der Waals surface area contributed by atoms with Crippen LogP contribution in [0.2, 0.25) is 5.02 Å². The van der Waals surface area contributed by atoms with Gasteiger partial charge in [0, 0.05) is 28.8 Å². The summed E-state index contributed by atoms with van der Waals surface area (Å²) >= 11 is 5.87. The molecule has 0 unspecified atom stereocenters. The number of urea groups is 1. The molecule has 1 N–H and O–H groups in total. The molecule has 8 nitrogen and oxygen atoms in total. The van der Waals surface area contributed by atoms with Crippen molar-refractivity contribution in [2.24, 2.45) is 0 Å². The number of aryl methyl sites for hydroxylation is 1. The minimum atomic E-state index is -0.524. The quantitative estimate of drug-likeness (QED) is 0.264. The molecule has 0 saturated carbocycles. The van der Waals surface area contributed by atoms with Gasteiger partial charge in [-0.15, -0.1) is 0 Å². The van der Waals surface area contributed by atoms with Crippen molar-refractivity contribution >= 4 is 35.3 Å². The van der Waals surface area contributed by atoms with Crippen LogP contribution >= 0.6 is 11.6 Å². The Bertz CT molecular complexity index is 1230. The Labute approximate surface area is 181 Å². The summed E-state index contributed by atoms with van der Waals surface area (Å²) in [4.78, 5) is 36.5. The Morgan fingerprint density at radius 1 is 1.13 bits per heavy atom. The zero-order valence-electron chi connectivity index (χ0n) is 16.3. The number of nitro benzene ring substituents is 1. The van der Waals surface area contributed by atoms with E-state index in [1.807, 2.05) is 0 Å². The van der Waals surface area contributed by atoms with Crippen LogP contribution in [-0.2, 0) is 11.3 Å². The number of nitrogens with zero attached hydrogens (tertiary/aromatic N) is 2. The van der Waals surface area contributed by atoms with E-state index in [4.69, 9.17) is 16.0 Å². The number of benzene rings is 2. The van der Waals surface area contributed by atoms with E-state index in [9.17, 15) is 19.7 Å². The Hall–Kier alpha value is -3.91. The van der Waals surface area contributed by atoms with Crippen LogP contribution in [0, 0.1) is 17.0 Å². The predicted molar refractivity (Wildman–Crippen MR) is 114 cm³/mol. The zero-order valence-corrected chi connectivity index (χ0v) is 17.1. The van der Waals surface area contributed by atoms with Gasteiger partial charge >= 0.3 is 6.03 Å². The van der Waals surface area contributed by atoms with E-state index in [0.29, 0.717) is 27.7 Å². The second kappa shape index (κ2) is 8.08. The summed E-state index contributed by atoms with van der Waals surface area (Å²) in [7, 11) is 0. The second-order valence-corrected chi connectivity index (χ2v) is 7.40. The summed E-state index contributed by atoms with van der Waals surface area (Å²) in [6.45, 7) is 1.86. The summed E-state index contributed by atoms with van der Waals surface area (Å²) in [5.74, 6) is 0.392. The maximum atomic E-state index is 12.7. The van der Waals surface area contributed by atoms with Gasteiger partial charge in [0.25, 0.3) is 11.6 Å². The molecule has 156 valence electrons. The number of rotatable bonds is 5. The molecule has 0 atom stereocenters. The number of nitrogens with one attached hydrogen (secondary N) is 1. The molecule has 2 heterocycles. The lowest BCUT2D eigenvalue weighted by molar-refractivity contribution is -0.384. The van der Waals surface area contributed by atoms with Gasteiger partial charge in [-0.25, -0.2) is 4.79 Å². The molecule has 3 amide bonds. The third-order valence-corrected chi connectivity index (χ3v) is 5.07. The van der Waals surface area contributed by atoms with Crippen LogP contribution in [0.1, 0.15) is 16.9 Å². The van der Waals surface area contributed by atoms with Crippen LogP contribution in [0.5, 0.6) is 0 Å². The highest BCUT2D eigenvalue weighted by molar-refractivity contribution is 6.30. The van der Waals surface area contributed by atoms with Gasteiger partial charge in [0.1, 0.15) is 17.2 Å². The normalized spacial score (nSPS) is 14.9. The first-order chi connectivity index (χ1) is 14.8. The molecule has 1 aromatic heterocycles. The second-order valence-electron chi connectivity index (χ2n) is 6.96. The minimum absolute atomic E-state index is 0.00445. The Morgan fingerprint density at radius 2 is 1.87 bits per heavy atom. The third kappa shape index (κ3) is 4.19. The Kier molecular flexibility index (Phi) is 5.31.